The van der Waals surface area contributed by atoms with Crippen molar-refractivity contribution < 1.29 is 18.1 Å². The quantitative estimate of drug-likeness (QED) is 0.632. The van der Waals surface area contributed by atoms with Crippen LogP contribution in [0.3, 0.4) is 0 Å². The van der Waals surface area contributed by atoms with Crippen LogP contribution in [0.2, 0.25) is 0 Å². The van der Waals surface area contributed by atoms with E-state index in [2.05, 4.69) is 0 Å². The Bertz CT molecular complexity index is 501. The third-order valence-corrected chi connectivity index (χ3v) is 3.80. The predicted molar refractivity (Wildman–Crippen MR) is 70.2 cm³/mol. The van der Waals surface area contributed by atoms with E-state index in [-0.39, 0.29) is 18.7 Å². The number of halogens is 3. The first-order chi connectivity index (χ1) is 9.80. The van der Waals surface area contributed by atoms with E-state index in [1.165, 1.54) is 18.2 Å². The molecule has 1 aromatic rings. The van der Waals surface area contributed by atoms with Gasteiger partial charge in [0, 0.05) is 26.2 Å². The van der Waals surface area contributed by atoms with Gasteiger partial charge in [0.15, 0.2) is 0 Å². The molecule has 1 heterocycles. The van der Waals surface area contributed by atoms with Crippen LogP contribution in [0.4, 0.5) is 13.2 Å². The Morgan fingerprint density at radius 3 is 2.05 bits per heavy atom. The maximum absolute atomic E-state index is 13.7. The van der Waals surface area contributed by atoms with Crippen molar-refractivity contribution in [1.82, 2.24) is 9.80 Å². The molecule has 0 radical (unpaired) electrons. The van der Waals surface area contributed by atoms with Crippen molar-refractivity contribution in [3.05, 3.63) is 46.0 Å². The second-order valence-corrected chi connectivity index (χ2v) is 5.08. The number of rotatable bonds is 3. The molecule has 1 aliphatic rings. The summed E-state index contributed by atoms with van der Waals surface area (Å²) in [7, 11) is 1.78. The number of piperazine rings is 1. The first-order valence-corrected chi connectivity index (χ1v) is 6.50. The molecule has 116 valence electrons. The second-order valence-electron chi connectivity index (χ2n) is 5.08. The van der Waals surface area contributed by atoms with Crippen LogP contribution in [0.25, 0.3) is 0 Å². The average molecular weight is 303 g/mol. The number of hydrogen-bond acceptors (Lipinski definition) is 4. The average Bonchev–Trinajstić information content (AvgIpc) is 2.41. The lowest BCUT2D eigenvalue weighted by Crippen LogP contribution is -2.65. The number of likely N-dealkylation sites (N-methyl/N-ethyl adjacent to an activating group) is 1. The minimum atomic E-state index is -5.01. The molecular weight excluding hydrogens is 287 g/mol. The molecule has 1 aromatic carbocycles. The molecule has 8 heteroatoms. The van der Waals surface area contributed by atoms with Crippen LogP contribution in [-0.2, 0) is 5.66 Å². The molecule has 0 spiro atoms. The molecule has 0 saturated carbocycles. The molecule has 0 N–H and O–H groups in total. The first kappa shape index (κ1) is 15.7. The van der Waals surface area contributed by atoms with Crippen molar-refractivity contribution in [2.45, 2.75) is 11.8 Å². The summed E-state index contributed by atoms with van der Waals surface area (Å²) < 4.78 is 41.1. The Morgan fingerprint density at radius 1 is 1.10 bits per heavy atom. The molecule has 1 aliphatic heterocycles. The third kappa shape index (κ3) is 2.60. The molecule has 0 aromatic heterocycles. The number of hydrogen-bond donors (Lipinski definition) is 0. The Labute approximate surface area is 120 Å². The van der Waals surface area contributed by atoms with E-state index in [1.54, 1.807) is 7.05 Å². The molecule has 2 rings (SSSR count). The molecule has 5 nitrogen and oxygen atoms in total. The Kier molecular flexibility index (Phi) is 4.20. The number of nitro groups is 1. The summed E-state index contributed by atoms with van der Waals surface area (Å²) in [5, 5.41) is 11.5. The highest BCUT2D eigenvalue weighted by molar-refractivity contribution is 5.24. The summed E-state index contributed by atoms with van der Waals surface area (Å²) in [6.45, 7) is 0.703. The lowest BCUT2D eigenvalue weighted by Gasteiger charge is -2.41. The highest BCUT2D eigenvalue weighted by Gasteiger charge is 2.71. The minimum Gasteiger partial charge on any atom is -0.304 e. The van der Waals surface area contributed by atoms with Gasteiger partial charge in [0.25, 0.3) is 0 Å². The molecule has 1 atom stereocenters. The monoisotopic (exact) mass is 303 g/mol. The van der Waals surface area contributed by atoms with Gasteiger partial charge in [0.1, 0.15) is 0 Å². The van der Waals surface area contributed by atoms with Crippen LogP contribution in [0.15, 0.2) is 30.3 Å². The van der Waals surface area contributed by atoms with E-state index in [4.69, 9.17) is 0 Å². The van der Waals surface area contributed by atoms with Crippen molar-refractivity contribution in [2.75, 3.05) is 33.2 Å². The van der Waals surface area contributed by atoms with Crippen molar-refractivity contribution >= 4 is 0 Å². The highest BCUT2D eigenvalue weighted by Crippen LogP contribution is 2.44. The van der Waals surface area contributed by atoms with Crippen LogP contribution in [0.1, 0.15) is 5.56 Å². The summed E-state index contributed by atoms with van der Waals surface area (Å²) >= 11 is 0. The van der Waals surface area contributed by atoms with Gasteiger partial charge >= 0.3 is 11.8 Å². The lowest BCUT2D eigenvalue weighted by molar-refractivity contribution is -0.657. The zero-order valence-corrected chi connectivity index (χ0v) is 11.5. The van der Waals surface area contributed by atoms with E-state index < -0.39 is 16.8 Å². The highest BCUT2D eigenvalue weighted by atomic mass is 19.4. The minimum absolute atomic E-state index is 0.00805. The van der Waals surface area contributed by atoms with Crippen LogP contribution in [0.5, 0.6) is 0 Å². The number of nitrogens with zero attached hydrogens (tertiary/aromatic N) is 3. The summed E-state index contributed by atoms with van der Waals surface area (Å²) in [5.74, 6) is 0. The fraction of sp³-hybridized carbons (Fsp3) is 0.538. The van der Waals surface area contributed by atoms with E-state index >= 15 is 0 Å². The van der Waals surface area contributed by atoms with Gasteiger partial charge in [-0.2, -0.15) is 13.2 Å². The fourth-order valence-electron chi connectivity index (χ4n) is 2.65. The molecule has 0 aliphatic carbocycles. The molecular formula is C13H16F3N3O2. The topological polar surface area (TPSA) is 49.6 Å². The number of benzene rings is 1. The number of alkyl halides is 3. The Morgan fingerprint density at radius 2 is 1.62 bits per heavy atom. The maximum atomic E-state index is 13.7. The van der Waals surface area contributed by atoms with Crippen molar-refractivity contribution in [3.63, 3.8) is 0 Å². The van der Waals surface area contributed by atoms with E-state index in [0.717, 1.165) is 17.0 Å². The smallest absolute Gasteiger partial charge is 0.304 e. The van der Waals surface area contributed by atoms with Crippen LogP contribution in [0, 0.1) is 10.1 Å². The van der Waals surface area contributed by atoms with Gasteiger partial charge in [-0.15, -0.1) is 0 Å². The van der Waals surface area contributed by atoms with Crippen molar-refractivity contribution in [3.8, 4) is 0 Å². The lowest BCUT2D eigenvalue weighted by atomic mass is 9.96. The van der Waals surface area contributed by atoms with Crippen LogP contribution < -0.4 is 0 Å². The molecule has 1 saturated heterocycles. The summed E-state index contributed by atoms with van der Waals surface area (Å²) in [5.41, 5.74) is -3.54. The molecule has 1 fully saturated rings. The normalized spacial score (nSPS) is 21.0. The summed E-state index contributed by atoms with van der Waals surface area (Å²) in [6, 6.07) is 6.63. The molecule has 0 bridgehead atoms. The second kappa shape index (κ2) is 5.61. The summed E-state index contributed by atoms with van der Waals surface area (Å²) in [6.07, 6.45) is -5.01. The van der Waals surface area contributed by atoms with Crippen LogP contribution >= 0.6 is 0 Å². The Balaban J connectivity index is 2.55. The van der Waals surface area contributed by atoms with Gasteiger partial charge in [0.2, 0.25) is 0 Å². The van der Waals surface area contributed by atoms with E-state index in [9.17, 15) is 23.3 Å². The fourth-order valence-corrected chi connectivity index (χ4v) is 2.65. The van der Waals surface area contributed by atoms with E-state index in [1.807, 2.05) is 4.90 Å². The summed E-state index contributed by atoms with van der Waals surface area (Å²) in [4.78, 5) is 13.0. The van der Waals surface area contributed by atoms with Crippen molar-refractivity contribution in [1.29, 1.82) is 0 Å². The van der Waals surface area contributed by atoms with Gasteiger partial charge in [0.05, 0.1) is 10.5 Å². The van der Waals surface area contributed by atoms with Gasteiger partial charge < -0.3 is 4.90 Å². The maximum Gasteiger partial charge on any atom is 0.481 e. The zero-order chi connectivity index (χ0) is 15.7. The van der Waals surface area contributed by atoms with E-state index in [0.29, 0.717) is 13.1 Å². The largest absolute Gasteiger partial charge is 0.481 e. The molecule has 1 unspecified atom stereocenters. The van der Waals surface area contributed by atoms with Gasteiger partial charge in [-0.3, -0.25) is 10.1 Å². The van der Waals surface area contributed by atoms with Crippen LogP contribution in [-0.4, -0.2) is 54.1 Å². The SMILES string of the molecule is CN1CCN(C(c2ccccc2)([N+](=O)[O-])C(F)(F)F)CC1. The molecule has 0 amide bonds. The van der Waals surface area contributed by atoms with Gasteiger partial charge in [-0.25, -0.2) is 4.90 Å². The molecule has 21 heavy (non-hydrogen) atoms. The zero-order valence-electron chi connectivity index (χ0n) is 11.5. The predicted octanol–water partition coefficient (Wildman–Crippen LogP) is 1.93. The first-order valence-electron chi connectivity index (χ1n) is 6.50. The third-order valence-electron chi connectivity index (χ3n) is 3.80. The van der Waals surface area contributed by atoms with Gasteiger partial charge in [-0.1, -0.05) is 18.2 Å². The van der Waals surface area contributed by atoms with Crippen molar-refractivity contribution in [2.24, 2.45) is 0 Å². The Hall–Kier alpha value is -1.67. The van der Waals surface area contributed by atoms with Gasteiger partial charge in [-0.05, 0) is 19.2 Å². The standard InChI is InChI=1S/C13H16F3N3O2/c1-17-7-9-18(10-8-17)12(19(20)21,13(14,15)16)11-5-3-2-4-6-11/h2-6H,7-10H2,1H3.